The van der Waals surface area contributed by atoms with Crippen LogP contribution < -0.4 is 0 Å². The van der Waals surface area contributed by atoms with Crippen molar-refractivity contribution in [2.24, 2.45) is 0 Å². The van der Waals surface area contributed by atoms with E-state index in [2.05, 4.69) is 11.2 Å². The third-order valence-corrected chi connectivity index (χ3v) is 2.11. The van der Waals surface area contributed by atoms with Gasteiger partial charge in [-0.05, 0) is 17.7 Å². The molecular formula is C11H8FN2O2. The molecule has 0 aliphatic rings. The monoisotopic (exact) mass is 219 g/mol. The summed E-state index contributed by atoms with van der Waals surface area (Å²) < 4.78 is 14.9. The molecule has 2 rings (SSSR count). The van der Waals surface area contributed by atoms with Crippen molar-refractivity contribution in [1.29, 1.82) is 0 Å². The lowest BCUT2D eigenvalue weighted by Gasteiger charge is -2.03. The number of nitrogens with zero attached hydrogens (tertiary/aromatic N) is 2. The maximum Gasteiger partial charge on any atom is 0.338 e. The zero-order chi connectivity index (χ0) is 11.5. The average molecular weight is 219 g/mol. The molecule has 0 spiro atoms. The third-order valence-electron chi connectivity index (χ3n) is 2.11. The molecule has 1 N–H and O–H groups in total. The van der Waals surface area contributed by atoms with Gasteiger partial charge in [0.1, 0.15) is 5.82 Å². The summed E-state index contributed by atoms with van der Waals surface area (Å²) in [4.78, 5) is 10.6. The van der Waals surface area contributed by atoms with E-state index in [9.17, 15) is 9.18 Å². The van der Waals surface area contributed by atoms with Crippen LogP contribution in [-0.4, -0.2) is 20.9 Å². The van der Waals surface area contributed by atoms with Gasteiger partial charge in [0.2, 0.25) is 0 Å². The quantitative estimate of drug-likeness (QED) is 0.852. The van der Waals surface area contributed by atoms with Crippen molar-refractivity contribution in [2.45, 2.75) is 6.54 Å². The number of hydrogen-bond acceptors (Lipinski definition) is 2. The molecule has 0 saturated heterocycles. The molecule has 16 heavy (non-hydrogen) atoms. The van der Waals surface area contributed by atoms with Gasteiger partial charge in [0.15, 0.2) is 0 Å². The number of carbonyl (C=O) groups is 1. The fourth-order valence-corrected chi connectivity index (χ4v) is 1.36. The fourth-order valence-electron chi connectivity index (χ4n) is 1.36. The van der Waals surface area contributed by atoms with Gasteiger partial charge in [0, 0.05) is 12.3 Å². The van der Waals surface area contributed by atoms with Gasteiger partial charge in [0.25, 0.3) is 0 Å². The Morgan fingerprint density at radius 2 is 2.38 bits per heavy atom. The van der Waals surface area contributed by atoms with E-state index in [0.29, 0.717) is 12.1 Å². The summed E-state index contributed by atoms with van der Waals surface area (Å²) in [5, 5.41) is 12.6. The number of halogens is 1. The van der Waals surface area contributed by atoms with Crippen LogP contribution >= 0.6 is 0 Å². The molecular weight excluding hydrogens is 211 g/mol. The molecule has 0 bridgehead atoms. The van der Waals surface area contributed by atoms with Crippen molar-refractivity contribution >= 4 is 5.97 Å². The molecule has 0 atom stereocenters. The molecule has 1 radical (unpaired) electrons. The van der Waals surface area contributed by atoms with Gasteiger partial charge in [-0.3, -0.25) is 4.68 Å². The van der Waals surface area contributed by atoms with Crippen molar-refractivity contribution in [1.82, 2.24) is 9.78 Å². The smallest absolute Gasteiger partial charge is 0.338 e. The van der Waals surface area contributed by atoms with E-state index in [1.807, 2.05) is 0 Å². The van der Waals surface area contributed by atoms with Crippen LogP contribution in [0.4, 0.5) is 4.39 Å². The van der Waals surface area contributed by atoms with Crippen molar-refractivity contribution in [2.75, 3.05) is 0 Å². The molecule has 0 fully saturated rings. The summed E-state index contributed by atoms with van der Waals surface area (Å²) in [6, 6.07) is 6.77. The van der Waals surface area contributed by atoms with Crippen LogP contribution in [0.25, 0.3) is 0 Å². The Morgan fingerprint density at radius 1 is 1.56 bits per heavy atom. The Kier molecular flexibility index (Phi) is 2.68. The number of aromatic nitrogens is 2. The zero-order valence-corrected chi connectivity index (χ0v) is 8.22. The second kappa shape index (κ2) is 4.14. The zero-order valence-electron chi connectivity index (χ0n) is 8.22. The summed E-state index contributed by atoms with van der Waals surface area (Å²) in [5.41, 5.74) is 0.329. The molecule has 1 aromatic heterocycles. The van der Waals surface area contributed by atoms with E-state index in [1.54, 1.807) is 16.9 Å². The largest absolute Gasteiger partial charge is 0.478 e. The predicted octanol–water partition coefficient (Wildman–Crippen LogP) is 1.57. The minimum atomic E-state index is -1.27. The summed E-state index contributed by atoms with van der Waals surface area (Å²) in [6.07, 6.45) is 3.13. The fraction of sp³-hybridized carbons (Fsp3) is 0.0909. The Bertz CT molecular complexity index is 509. The Balaban J connectivity index is 2.24. The lowest BCUT2D eigenvalue weighted by molar-refractivity contribution is 0.0692. The van der Waals surface area contributed by atoms with Crippen molar-refractivity contribution in [3.8, 4) is 0 Å². The maximum atomic E-state index is 13.3. The summed E-state index contributed by atoms with van der Waals surface area (Å²) >= 11 is 0. The van der Waals surface area contributed by atoms with Gasteiger partial charge < -0.3 is 5.11 Å². The topological polar surface area (TPSA) is 55.1 Å². The second-order valence-corrected chi connectivity index (χ2v) is 3.26. The van der Waals surface area contributed by atoms with Crippen molar-refractivity contribution < 1.29 is 14.3 Å². The van der Waals surface area contributed by atoms with E-state index < -0.39 is 11.8 Å². The normalized spacial score (nSPS) is 10.3. The number of carboxylic acids is 1. The highest BCUT2D eigenvalue weighted by molar-refractivity contribution is 5.87. The SMILES string of the molecule is O=C(O)c1ccc(Cn2c[c]cn2)cc1F. The van der Waals surface area contributed by atoms with E-state index in [4.69, 9.17) is 5.11 Å². The van der Waals surface area contributed by atoms with Crippen LogP contribution in [0, 0.1) is 11.9 Å². The van der Waals surface area contributed by atoms with Crippen LogP contribution in [0.3, 0.4) is 0 Å². The summed E-state index contributed by atoms with van der Waals surface area (Å²) in [5.74, 6) is -2.00. The number of rotatable bonds is 3. The highest BCUT2D eigenvalue weighted by Crippen LogP contribution is 2.11. The van der Waals surface area contributed by atoms with Crippen molar-refractivity contribution in [3.63, 3.8) is 0 Å². The minimum Gasteiger partial charge on any atom is -0.478 e. The Labute approximate surface area is 90.9 Å². The molecule has 0 aliphatic carbocycles. The van der Waals surface area contributed by atoms with Crippen LogP contribution in [0.1, 0.15) is 15.9 Å². The standard InChI is InChI=1S/C11H8FN2O2/c12-10-6-8(2-3-9(10)11(15)16)7-14-5-1-4-13-14/h2-6H,7H2,(H,15,16). The Morgan fingerprint density at radius 3 is 2.94 bits per heavy atom. The highest BCUT2D eigenvalue weighted by atomic mass is 19.1. The van der Waals surface area contributed by atoms with E-state index in [1.165, 1.54) is 18.3 Å². The molecule has 2 aromatic rings. The number of aromatic carboxylic acids is 1. The van der Waals surface area contributed by atoms with Gasteiger partial charge in [-0.1, -0.05) is 6.07 Å². The van der Waals surface area contributed by atoms with Gasteiger partial charge in [0.05, 0.1) is 18.3 Å². The first-order valence-electron chi connectivity index (χ1n) is 4.57. The molecule has 81 valence electrons. The number of hydrogen-bond donors (Lipinski definition) is 1. The first-order valence-corrected chi connectivity index (χ1v) is 4.57. The summed E-state index contributed by atoms with van der Waals surface area (Å²) in [6.45, 7) is 0.389. The first kappa shape index (κ1) is 10.4. The van der Waals surface area contributed by atoms with Gasteiger partial charge >= 0.3 is 5.97 Å². The molecule has 0 amide bonds. The second-order valence-electron chi connectivity index (χ2n) is 3.26. The molecule has 0 saturated carbocycles. The lowest BCUT2D eigenvalue weighted by Crippen LogP contribution is -2.04. The molecule has 0 unspecified atom stereocenters. The molecule has 1 heterocycles. The Hall–Kier alpha value is -2.17. The number of benzene rings is 1. The van der Waals surface area contributed by atoms with E-state index >= 15 is 0 Å². The summed E-state index contributed by atoms with van der Waals surface area (Å²) in [7, 11) is 0. The first-order chi connectivity index (χ1) is 7.66. The molecule has 4 nitrogen and oxygen atoms in total. The van der Waals surface area contributed by atoms with Crippen LogP contribution in [0.5, 0.6) is 0 Å². The predicted molar refractivity (Wildman–Crippen MR) is 53.5 cm³/mol. The van der Waals surface area contributed by atoms with E-state index in [0.717, 1.165) is 0 Å². The molecule has 0 aliphatic heterocycles. The molecule has 1 aromatic carbocycles. The van der Waals surface area contributed by atoms with Crippen LogP contribution in [0.15, 0.2) is 30.6 Å². The van der Waals surface area contributed by atoms with Crippen LogP contribution in [-0.2, 0) is 6.54 Å². The van der Waals surface area contributed by atoms with Gasteiger partial charge in [-0.2, -0.15) is 5.10 Å². The lowest BCUT2D eigenvalue weighted by atomic mass is 10.1. The number of carboxylic acid groups (broad SMARTS) is 1. The van der Waals surface area contributed by atoms with Crippen LogP contribution in [0.2, 0.25) is 0 Å². The highest BCUT2D eigenvalue weighted by Gasteiger charge is 2.10. The maximum absolute atomic E-state index is 13.3. The average Bonchev–Trinajstić information content (AvgIpc) is 2.70. The third kappa shape index (κ3) is 2.08. The minimum absolute atomic E-state index is 0.323. The van der Waals surface area contributed by atoms with E-state index in [-0.39, 0.29) is 5.56 Å². The van der Waals surface area contributed by atoms with Gasteiger partial charge in [-0.25, -0.2) is 9.18 Å². The van der Waals surface area contributed by atoms with Crippen molar-refractivity contribution in [3.05, 3.63) is 53.6 Å². The molecule has 5 heteroatoms. The van der Waals surface area contributed by atoms with Gasteiger partial charge in [-0.15, -0.1) is 0 Å².